The van der Waals surface area contributed by atoms with Gasteiger partial charge in [0.25, 0.3) is 6.41 Å². The van der Waals surface area contributed by atoms with E-state index in [-0.39, 0.29) is 42.5 Å². The largest absolute Gasteiger partial charge is 0.493 e. The van der Waals surface area contributed by atoms with Gasteiger partial charge >= 0.3 is 12.1 Å². The van der Waals surface area contributed by atoms with Gasteiger partial charge in [0.1, 0.15) is 0 Å². The summed E-state index contributed by atoms with van der Waals surface area (Å²) in [5, 5.41) is 2.89. The van der Waals surface area contributed by atoms with E-state index in [2.05, 4.69) is 24.1 Å². The van der Waals surface area contributed by atoms with Crippen LogP contribution in [-0.2, 0) is 42.0 Å². The van der Waals surface area contributed by atoms with Gasteiger partial charge in [0, 0.05) is 52.0 Å². The fourth-order valence-electron chi connectivity index (χ4n) is 6.25. The number of nitrogens with two attached hydrogens (primary N) is 1. The quantitative estimate of drug-likeness (QED) is 0.146. The highest BCUT2D eigenvalue weighted by atomic mass is 16.7. The Labute approximate surface area is 313 Å². The Hall–Kier alpha value is -4.37. The molecule has 53 heavy (non-hydrogen) atoms. The Morgan fingerprint density at radius 3 is 2.30 bits per heavy atom. The molecule has 1 aliphatic heterocycles. The molecule has 0 spiro atoms. The highest BCUT2D eigenvalue weighted by Gasteiger charge is 2.50. The first kappa shape index (κ1) is 43.0. The van der Waals surface area contributed by atoms with Gasteiger partial charge in [-0.2, -0.15) is 0 Å². The average molecular weight is 746 g/mol. The summed E-state index contributed by atoms with van der Waals surface area (Å²) in [5.74, 6) is -0.981. The van der Waals surface area contributed by atoms with Gasteiger partial charge in [-0.3, -0.25) is 9.59 Å². The molecule has 15 nitrogen and oxygen atoms in total. The maximum absolute atomic E-state index is 13.7. The number of ether oxygens (including phenoxy) is 6. The fourth-order valence-corrected chi connectivity index (χ4v) is 6.25. The number of hydrogen-bond acceptors (Lipinski definition) is 11. The number of hydrogen-bond donors (Lipinski definition) is 2. The summed E-state index contributed by atoms with van der Waals surface area (Å²) in [4.78, 5) is 57.9. The number of methoxy groups -OCH3 is 3. The molecule has 1 fully saturated rings. The van der Waals surface area contributed by atoms with Gasteiger partial charge in [0.2, 0.25) is 17.6 Å². The van der Waals surface area contributed by atoms with E-state index in [0.29, 0.717) is 37.6 Å². The van der Waals surface area contributed by atoms with E-state index in [0.717, 1.165) is 12.0 Å². The number of rotatable bonds is 20. The Morgan fingerprint density at radius 1 is 1.02 bits per heavy atom. The van der Waals surface area contributed by atoms with Gasteiger partial charge in [-0.25, -0.2) is 19.5 Å². The van der Waals surface area contributed by atoms with E-state index < -0.39 is 47.9 Å². The van der Waals surface area contributed by atoms with Crippen molar-refractivity contribution in [3.05, 3.63) is 42.0 Å². The molecule has 1 aromatic heterocycles. The summed E-state index contributed by atoms with van der Waals surface area (Å²) in [5.41, 5.74) is 5.59. The standard InChI is InChI=1S/C38H59N5O10/c1-23(2)26(18-25-12-13-29(49-9)31(19-25)51-17-11-16-48-8)20-28-30(21-27(24(3)4)33(44)41-22-38(5,6)35(39)46)52-37(43(28)36(47)50-10)53-34(45)32-40-14-15-42(32)7/h12-15,19,23-24,26-28,30,37H,11,16-18,20-22H2,1-10H3,(H2,39,46)(H,41,44)/t26-,27?,28-,30-,37-/m0/s1. The molecule has 3 rings (SSSR count). The van der Waals surface area contributed by atoms with Crippen molar-refractivity contribution in [3.8, 4) is 11.5 Å². The van der Waals surface area contributed by atoms with Gasteiger partial charge in [0.05, 0.1) is 38.4 Å². The lowest BCUT2D eigenvalue weighted by Gasteiger charge is -2.33. The van der Waals surface area contributed by atoms with Crippen molar-refractivity contribution >= 4 is 23.9 Å². The first-order chi connectivity index (χ1) is 25.0. The number of nitrogens with zero attached hydrogens (tertiary/aromatic N) is 3. The smallest absolute Gasteiger partial charge is 0.414 e. The summed E-state index contributed by atoms with van der Waals surface area (Å²) in [7, 11) is 6.14. The van der Waals surface area contributed by atoms with Crippen LogP contribution in [0, 0.1) is 29.1 Å². The van der Waals surface area contributed by atoms with Gasteiger partial charge in [0.15, 0.2) is 11.5 Å². The van der Waals surface area contributed by atoms with Gasteiger partial charge < -0.3 is 44.0 Å². The van der Waals surface area contributed by atoms with Crippen LogP contribution in [0.4, 0.5) is 4.79 Å². The zero-order valence-electron chi connectivity index (χ0n) is 32.9. The molecule has 0 aliphatic carbocycles. The second kappa shape index (κ2) is 19.6. The summed E-state index contributed by atoms with van der Waals surface area (Å²) >= 11 is 0. The lowest BCUT2D eigenvalue weighted by atomic mass is 9.80. The van der Waals surface area contributed by atoms with Crippen LogP contribution in [0.25, 0.3) is 0 Å². The van der Waals surface area contributed by atoms with Crippen molar-refractivity contribution in [2.24, 2.45) is 41.9 Å². The molecule has 3 N–H and O–H groups in total. The highest BCUT2D eigenvalue weighted by molar-refractivity contribution is 5.86. The zero-order valence-corrected chi connectivity index (χ0v) is 32.9. The van der Waals surface area contributed by atoms with E-state index in [1.54, 1.807) is 41.3 Å². The predicted molar refractivity (Wildman–Crippen MR) is 196 cm³/mol. The van der Waals surface area contributed by atoms with Crippen LogP contribution in [0.15, 0.2) is 30.6 Å². The minimum atomic E-state index is -1.45. The number of aryl methyl sites for hydroxylation is 1. The molecule has 296 valence electrons. The third-order valence-electron chi connectivity index (χ3n) is 9.86. The lowest BCUT2D eigenvalue weighted by Crippen LogP contribution is -2.48. The zero-order chi connectivity index (χ0) is 39.5. The van der Waals surface area contributed by atoms with E-state index in [9.17, 15) is 19.2 Å². The molecule has 0 saturated carbocycles. The van der Waals surface area contributed by atoms with Crippen LogP contribution in [0.5, 0.6) is 11.5 Å². The molecule has 1 unspecified atom stereocenters. The molecule has 15 heteroatoms. The molecule has 2 heterocycles. The number of aromatic nitrogens is 2. The minimum Gasteiger partial charge on any atom is -0.493 e. The number of amides is 3. The van der Waals surface area contributed by atoms with Crippen molar-refractivity contribution in [2.75, 3.05) is 41.1 Å². The number of carbonyl (C=O) groups excluding carboxylic acids is 4. The Morgan fingerprint density at radius 2 is 1.74 bits per heavy atom. The van der Waals surface area contributed by atoms with Crippen LogP contribution in [-0.4, -0.2) is 98.0 Å². The molecule has 1 saturated heterocycles. The van der Waals surface area contributed by atoms with Gasteiger partial charge in [-0.15, -0.1) is 0 Å². The molecule has 1 aromatic carbocycles. The monoisotopic (exact) mass is 745 g/mol. The number of primary amides is 1. The van der Waals surface area contributed by atoms with Crippen molar-refractivity contribution in [1.82, 2.24) is 19.8 Å². The van der Waals surface area contributed by atoms with Crippen LogP contribution in [0.3, 0.4) is 0 Å². The van der Waals surface area contributed by atoms with E-state index in [4.69, 9.17) is 34.2 Å². The fraction of sp³-hybridized carbons (Fsp3) is 0.658. The normalized spacial score (nSPS) is 18.5. The third-order valence-corrected chi connectivity index (χ3v) is 9.86. The first-order valence-corrected chi connectivity index (χ1v) is 18.1. The lowest BCUT2D eigenvalue weighted by molar-refractivity contribution is -0.152. The first-order valence-electron chi connectivity index (χ1n) is 18.1. The van der Waals surface area contributed by atoms with Gasteiger partial charge in [-0.1, -0.05) is 33.8 Å². The molecule has 0 radical (unpaired) electrons. The highest BCUT2D eigenvalue weighted by Crippen LogP contribution is 2.38. The Kier molecular flexibility index (Phi) is 15.9. The maximum Gasteiger partial charge on any atom is 0.414 e. The molecule has 0 bridgehead atoms. The predicted octanol–water partition coefficient (Wildman–Crippen LogP) is 4.32. The number of esters is 1. The SMILES string of the molecule is COCCCOc1cc(C[C@@H](C[C@H]2[C@H](CC(C(=O)NCC(C)(C)C(N)=O)C(C)C)O[C@@H](OC(=O)c3nccn3C)N2C(=O)OC)C(C)C)ccc1OC. The summed E-state index contributed by atoms with van der Waals surface area (Å²) < 4.78 is 35.7. The molecule has 2 aromatic rings. The molecule has 3 amide bonds. The van der Waals surface area contributed by atoms with Crippen molar-refractivity contribution in [3.63, 3.8) is 0 Å². The summed E-state index contributed by atoms with van der Waals surface area (Å²) in [6.07, 6.45) is 2.06. The average Bonchev–Trinajstić information content (AvgIpc) is 3.69. The second-order valence-electron chi connectivity index (χ2n) is 14.9. The summed E-state index contributed by atoms with van der Waals surface area (Å²) in [6.45, 7) is 12.4. The van der Waals surface area contributed by atoms with E-state index in [1.807, 2.05) is 32.0 Å². The third kappa shape index (κ3) is 11.6. The van der Waals surface area contributed by atoms with E-state index >= 15 is 0 Å². The van der Waals surface area contributed by atoms with Crippen LogP contribution >= 0.6 is 0 Å². The molecular weight excluding hydrogens is 686 g/mol. The Balaban J connectivity index is 1.99. The Bertz CT molecular complexity index is 1530. The van der Waals surface area contributed by atoms with Crippen LogP contribution in [0.2, 0.25) is 0 Å². The molecule has 1 aliphatic rings. The van der Waals surface area contributed by atoms with Crippen molar-refractivity contribution in [2.45, 2.75) is 85.8 Å². The number of benzene rings is 1. The van der Waals surface area contributed by atoms with Crippen molar-refractivity contribution in [1.29, 1.82) is 0 Å². The summed E-state index contributed by atoms with van der Waals surface area (Å²) in [6, 6.07) is 5.17. The number of imidazole rings is 1. The van der Waals surface area contributed by atoms with Crippen LogP contribution < -0.4 is 20.5 Å². The number of carbonyl (C=O) groups is 4. The minimum absolute atomic E-state index is 0.0142. The topological polar surface area (TPSA) is 183 Å². The van der Waals surface area contributed by atoms with Crippen molar-refractivity contribution < 1.29 is 47.6 Å². The molecular formula is C38H59N5O10. The molecule has 5 atom stereocenters. The second-order valence-corrected chi connectivity index (χ2v) is 14.9. The maximum atomic E-state index is 13.7. The van der Waals surface area contributed by atoms with Gasteiger partial charge in [-0.05, 0) is 68.6 Å². The number of nitrogens with one attached hydrogen (secondary N) is 1. The van der Waals surface area contributed by atoms with Crippen LogP contribution in [0.1, 0.15) is 77.0 Å². The van der Waals surface area contributed by atoms with E-state index in [1.165, 1.54) is 22.8 Å².